The Hall–Kier alpha value is -1.33. The molecule has 1 aromatic heterocycles. The van der Waals surface area contributed by atoms with E-state index < -0.39 is 0 Å². The summed E-state index contributed by atoms with van der Waals surface area (Å²) in [5.41, 5.74) is 5.43. The van der Waals surface area contributed by atoms with Gasteiger partial charge in [-0.15, -0.1) is 0 Å². The van der Waals surface area contributed by atoms with E-state index in [0.717, 1.165) is 5.76 Å². The molecule has 0 aromatic carbocycles. The predicted molar refractivity (Wildman–Crippen MR) is 59.7 cm³/mol. The van der Waals surface area contributed by atoms with Crippen molar-refractivity contribution in [1.29, 1.82) is 0 Å². The quantitative estimate of drug-likeness (QED) is 0.752. The molecule has 2 unspecified atom stereocenters. The van der Waals surface area contributed by atoms with Gasteiger partial charge in [0.1, 0.15) is 5.76 Å². The van der Waals surface area contributed by atoms with Crippen molar-refractivity contribution in [2.75, 3.05) is 13.7 Å². The fourth-order valence-electron chi connectivity index (χ4n) is 1.38. The maximum atomic E-state index is 11.6. The van der Waals surface area contributed by atoms with Gasteiger partial charge in [-0.05, 0) is 19.1 Å². The highest BCUT2D eigenvalue weighted by molar-refractivity contribution is 5.76. The van der Waals surface area contributed by atoms with Crippen molar-refractivity contribution in [2.45, 2.75) is 25.5 Å². The third kappa shape index (κ3) is 3.67. The maximum absolute atomic E-state index is 11.6. The van der Waals surface area contributed by atoms with Crippen LogP contribution in [-0.2, 0) is 9.53 Å². The van der Waals surface area contributed by atoms with Crippen LogP contribution < -0.4 is 11.1 Å². The molecule has 5 heteroatoms. The summed E-state index contributed by atoms with van der Waals surface area (Å²) in [7, 11) is 1.54. The number of amides is 1. The molecule has 0 saturated heterocycles. The molecule has 0 fully saturated rings. The average molecular weight is 226 g/mol. The molecular formula is C11H18N2O3. The number of carbonyl (C=O) groups excluding carboxylic acids is 1. The van der Waals surface area contributed by atoms with Crippen LogP contribution in [0.25, 0.3) is 0 Å². The van der Waals surface area contributed by atoms with E-state index in [4.69, 9.17) is 14.9 Å². The first-order valence-corrected chi connectivity index (χ1v) is 5.23. The van der Waals surface area contributed by atoms with Crippen LogP contribution in [-0.4, -0.2) is 25.7 Å². The molecule has 0 radical (unpaired) electrons. The highest BCUT2D eigenvalue weighted by Crippen LogP contribution is 2.12. The minimum Gasteiger partial charge on any atom is -0.467 e. The first-order valence-electron chi connectivity index (χ1n) is 5.23. The first-order chi connectivity index (χ1) is 7.67. The van der Waals surface area contributed by atoms with E-state index in [0.29, 0.717) is 6.54 Å². The van der Waals surface area contributed by atoms with Crippen molar-refractivity contribution in [3.05, 3.63) is 24.2 Å². The number of ether oxygens (including phenoxy) is 1. The van der Waals surface area contributed by atoms with Gasteiger partial charge in [-0.1, -0.05) is 0 Å². The number of nitrogens with two attached hydrogens (primary N) is 1. The lowest BCUT2D eigenvalue weighted by Crippen LogP contribution is -2.33. The van der Waals surface area contributed by atoms with E-state index in [2.05, 4.69) is 5.32 Å². The van der Waals surface area contributed by atoms with Crippen LogP contribution in [0.4, 0.5) is 0 Å². The van der Waals surface area contributed by atoms with Gasteiger partial charge in [0.25, 0.3) is 0 Å². The Labute approximate surface area is 94.9 Å². The van der Waals surface area contributed by atoms with Gasteiger partial charge >= 0.3 is 0 Å². The van der Waals surface area contributed by atoms with Gasteiger partial charge in [-0.3, -0.25) is 4.79 Å². The number of nitrogens with one attached hydrogen (secondary N) is 1. The number of methoxy groups -OCH3 is 1. The summed E-state index contributed by atoms with van der Waals surface area (Å²) in [6.07, 6.45) is 1.61. The van der Waals surface area contributed by atoms with Crippen molar-refractivity contribution in [3.63, 3.8) is 0 Å². The Kier molecular flexibility index (Phi) is 5.01. The molecule has 1 rings (SSSR count). The van der Waals surface area contributed by atoms with Crippen LogP contribution in [0.2, 0.25) is 0 Å². The van der Waals surface area contributed by atoms with Gasteiger partial charge in [0.2, 0.25) is 5.91 Å². The number of hydrogen-bond acceptors (Lipinski definition) is 4. The predicted octanol–water partition coefficient (Wildman–Crippen LogP) is 0.821. The molecule has 2 atom stereocenters. The highest BCUT2D eigenvalue weighted by atomic mass is 16.5. The molecule has 3 N–H and O–H groups in total. The Bertz CT molecular complexity index is 307. The second kappa shape index (κ2) is 6.30. The summed E-state index contributed by atoms with van der Waals surface area (Å²) < 4.78 is 10.2. The van der Waals surface area contributed by atoms with Crippen molar-refractivity contribution in [1.82, 2.24) is 5.32 Å². The molecule has 0 saturated carbocycles. The normalized spacial score (nSPS) is 14.4. The molecule has 90 valence electrons. The Morgan fingerprint density at radius 2 is 2.44 bits per heavy atom. The zero-order valence-electron chi connectivity index (χ0n) is 9.60. The second-order valence-electron chi connectivity index (χ2n) is 3.60. The molecule has 0 aliphatic carbocycles. The van der Waals surface area contributed by atoms with Crippen LogP contribution in [0.15, 0.2) is 22.8 Å². The van der Waals surface area contributed by atoms with E-state index in [1.54, 1.807) is 19.4 Å². The van der Waals surface area contributed by atoms with Crippen molar-refractivity contribution < 1.29 is 13.9 Å². The van der Waals surface area contributed by atoms with Crippen molar-refractivity contribution in [2.24, 2.45) is 5.73 Å². The van der Waals surface area contributed by atoms with Crippen molar-refractivity contribution in [3.8, 4) is 0 Å². The van der Waals surface area contributed by atoms with E-state index in [1.807, 2.05) is 13.0 Å². The minimum atomic E-state index is -0.233. The first kappa shape index (κ1) is 12.7. The van der Waals surface area contributed by atoms with E-state index >= 15 is 0 Å². The number of carbonyl (C=O) groups is 1. The summed E-state index contributed by atoms with van der Waals surface area (Å²) in [6, 6.07) is 3.47. The standard InChI is InChI=1S/C11H18N2O3/c1-8(10-4-3-5-16-10)13-11(14)6-9(7-12)15-2/h3-5,8-9H,6-7,12H2,1-2H3,(H,13,14). The van der Waals surface area contributed by atoms with Gasteiger partial charge in [0.05, 0.1) is 24.8 Å². The van der Waals surface area contributed by atoms with Crippen LogP contribution in [0.5, 0.6) is 0 Å². The van der Waals surface area contributed by atoms with Crippen LogP contribution >= 0.6 is 0 Å². The SMILES string of the molecule is COC(CN)CC(=O)NC(C)c1ccco1. The molecule has 0 bridgehead atoms. The summed E-state index contributed by atoms with van der Waals surface area (Å²) in [5.74, 6) is 0.635. The van der Waals surface area contributed by atoms with Gasteiger partial charge in [-0.25, -0.2) is 0 Å². The van der Waals surface area contributed by atoms with Gasteiger partial charge in [0, 0.05) is 13.7 Å². The second-order valence-corrected chi connectivity index (χ2v) is 3.60. The van der Waals surface area contributed by atoms with Gasteiger partial charge in [0.15, 0.2) is 0 Å². The largest absolute Gasteiger partial charge is 0.467 e. The number of hydrogen-bond donors (Lipinski definition) is 2. The number of rotatable bonds is 6. The zero-order valence-corrected chi connectivity index (χ0v) is 9.60. The summed E-state index contributed by atoms with van der Waals surface area (Å²) in [6.45, 7) is 2.19. The van der Waals surface area contributed by atoms with E-state index in [1.165, 1.54) is 0 Å². The maximum Gasteiger partial charge on any atom is 0.223 e. The minimum absolute atomic E-state index is 0.0961. The summed E-state index contributed by atoms with van der Waals surface area (Å²) in [5, 5.41) is 2.81. The third-order valence-electron chi connectivity index (χ3n) is 2.36. The Balaban J connectivity index is 2.39. The monoisotopic (exact) mass is 226 g/mol. The molecule has 16 heavy (non-hydrogen) atoms. The molecule has 1 aromatic rings. The lowest BCUT2D eigenvalue weighted by Gasteiger charge is -2.15. The van der Waals surface area contributed by atoms with Crippen LogP contribution in [0.1, 0.15) is 25.1 Å². The summed E-state index contributed by atoms with van der Waals surface area (Å²) >= 11 is 0. The van der Waals surface area contributed by atoms with Gasteiger partial charge in [-0.2, -0.15) is 0 Å². The third-order valence-corrected chi connectivity index (χ3v) is 2.36. The van der Waals surface area contributed by atoms with E-state index in [-0.39, 0.29) is 24.5 Å². The molecule has 1 heterocycles. The lowest BCUT2D eigenvalue weighted by molar-refractivity contribution is -0.124. The molecule has 5 nitrogen and oxygen atoms in total. The molecule has 1 amide bonds. The zero-order chi connectivity index (χ0) is 12.0. The summed E-state index contributed by atoms with van der Waals surface area (Å²) in [4.78, 5) is 11.6. The molecule has 0 aliphatic rings. The van der Waals surface area contributed by atoms with Gasteiger partial charge < -0.3 is 20.2 Å². The Morgan fingerprint density at radius 3 is 2.94 bits per heavy atom. The molecular weight excluding hydrogens is 208 g/mol. The lowest BCUT2D eigenvalue weighted by atomic mass is 10.2. The Morgan fingerprint density at radius 1 is 1.69 bits per heavy atom. The highest BCUT2D eigenvalue weighted by Gasteiger charge is 2.15. The van der Waals surface area contributed by atoms with Crippen molar-refractivity contribution >= 4 is 5.91 Å². The topological polar surface area (TPSA) is 77.5 Å². The van der Waals surface area contributed by atoms with E-state index in [9.17, 15) is 4.79 Å². The fourth-order valence-corrected chi connectivity index (χ4v) is 1.38. The van der Waals surface area contributed by atoms with Crippen LogP contribution in [0, 0.1) is 0 Å². The molecule has 0 aliphatic heterocycles. The smallest absolute Gasteiger partial charge is 0.223 e. The fraction of sp³-hybridized carbons (Fsp3) is 0.545. The molecule has 0 spiro atoms. The number of furan rings is 1. The average Bonchev–Trinajstić information content (AvgIpc) is 2.79. The van der Waals surface area contributed by atoms with Crippen LogP contribution in [0.3, 0.4) is 0 Å².